The highest BCUT2D eigenvalue weighted by Gasteiger charge is 2.30. The Morgan fingerprint density at radius 3 is 2.50 bits per heavy atom. The Morgan fingerprint density at radius 1 is 1.16 bits per heavy atom. The molecule has 0 atom stereocenters. The normalized spacial score (nSPS) is 15.1. The highest BCUT2D eigenvalue weighted by molar-refractivity contribution is 6.17. The SMILES string of the molecule is CCOC(=O)C1CCN(C(=O)c2cn(CC(C)C)c(=O)c3c2c2ccccc2n3C)CC1. The van der Waals surface area contributed by atoms with Gasteiger partial charge in [-0.25, -0.2) is 0 Å². The molecule has 0 radical (unpaired) electrons. The number of benzene rings is 1. The van der Waals surface area contributed by atoms with E-state index in [1.165, 1.54) is 0 Å². The number of para-hydroxylation sites is 1. The molecule has 3 heterocycles. The number of amides is 1. The van der Waals surface area contributed by atoms with Crippen molar-refractivity contribution < 1.29 is 14.3 Å². The quantitative estimate of drug-likeness (QED) is 0.572. The first kappa shape index (κ1) is 22.1. The minimum absolute atomic E-state index is 0.0787. The number of carbonyl (C=O) groups excluding carboxylic acids is 2. The lowest BCUT2D eigenvalue weighted by Crippen LogP contribution is -2.41. The van der Waals surface area contributed by atoms with Gasteiger partial charge in [0, 0.05) is 49.2 Å². The van der Waals surface area contributed by atoms with Gasteiger partial charge in [-0.3, -0.25) is 14.4 Å². The van der Waals surface area contributed by atoms with Crippen molar-refractivity contribution in [1.29, 1.82) is 0 Å². The Kier molecular flexibility index (Phi) is 6.09. The van der Waals surface area contributed by atoms with Crippen LogP contribution in [-0.2, 0) is 23.1 Å². The molecule has 0 aliphatic carbocycles. The Balaban J connectivity index is 1.79. The number of hydrogen-bond donors (Lipinski definition) is 0. The second kappa shape index (κ2) is 8.81. The Hall–Kier alpha value is -3.09. The van der Waals surface area contributed by atoms with Crippen LogP contribution < -0.4 is 5.56 Å². The van der Waals surface area contributed by atoms with Crippen LogP contribution in [0.1, 0.15) is 44.0 Å². The van der Waals surface area contributed by atoms with E-state index in [0.29, 0.717) is 55.5 Å². The number of aryl methyl sites for hydroxylation is 1. The van der Waals surface area contributed by atoms with E-state index < -0.39 is 0 Å². The van der Waals surface area contributed by atoms with E-state index in [2.05, 4.69) is 13.8 Å². The fourth-order valence-electron chi connectivity index (χ4n) is 4.77. The van der Waals surface area contributed by atoms with Crippen LogP contribution in [0.25, 0.3) is 21.8 Å². The largest absolute Gasteiger partial charge is 0.466 e. The van der Waals surface area contributed by atoms with Gasteiger partial charge in [0.05, 0.1) is 18.1 Å². The van der Waals surface area contributed by atoms with Crippen LogP contribution in [-0.4, -0.2) is 45.6 Å². The molecule has 0 bridgehead atoms. The number of ether oxygens (including phenoxy) is 1. The van der Waals surface area contributed by atoms with Crippen LogP contribution in [0, 0.1) is 11.8 Å². The Bertz CT molecular complexity index is 1230. The van der Waals surface area contributed by atoms with Gasteiger partial charge in [-0.05, 0) is 31.7 Å². The highest BCUT2D eigenvalue weighted by atomic mass is 16.5. The zero-order chi connectivity index (χ0) is 23.0. The lowest BCUT2D eigenvalue weighted by molar-refractivity contribution is -0.149. The van der Waals surface area contributed by atoms with E-state index in [1.807, 2.05) is 35.9 Å². The molecule has 0 spiro atoms. The molecule has 4 rings (SSSR count). The summed E-state index contributed by atoms with van der Waals surface area (Å²) in [4.78, 5) is 40.9. The van der Waals surface area contributed by atoms with Crippen LogP contribution in [0.3, 0.4) is 0 Å². The molecule has 2 aromatic heterocycles. The van der Waals surface area contributed by atoms with Crippen molar-refractivity contribution >= 4 is 33.7 Å². The van der Waals surface area contributed by atoms with Gasteiger partial charge in [-0.1, -0.05) is 32.0 Å². The van der Waals surface area contributed by atoms with E-state index in [4.69, 9.17) is 4.74 Å². The lowest BCUT2D eigenvalue weighted by Gasteiger charge is -2.31. The van der Waals surface area contributed by atoms with Crippen LogP contribution in [0.2, 0.25) is 0 Å². The van der Waals surface area contributed by atoms with Gasteiger partial charge in [-0.15, -0.1) is 0 Å². The van der Waals surface area contributed by atoms with Crippen molar-refractivity contribution in [3.05, 3.63) is 46.4 Å². The molecule has 7 nitrogen and oxygen atoms in total. The third-order valence-corrected chi connectivity index (χ3v) is 6.32. The lowest BCUT2D eigenvalue weighted by atomic mass is 9.96. The summed E-state index contributed by atoms with van der Waals surface area (Å²) in [5, 5.41) is 1.62. The van der Waals surface area contributed by atoms with Gasteiger partial charge < -0.3 is 18.8 Å². The molecule has 1 aromatic carbocycles. The molecule has 0 N–H and O–H groups in total. The molecule has 1 saturated heterocycles. The number of rotatable bonds is 5. The van der Waals surface area contributed by atoms with Gasteiger partial charge in [0.2, 0.25) is 0 Å². The number of piperidine rings is 1. The predicted octanol–water partition coefficient (Wildman–Crippen LogP) is 3.56. The van der Waals surface area contributed by atoms with Gasteiger partial charge in [0.1, 0.15) is 5.52 Å². The molecule has 0 saturated carbocycles. The average Bonchev–Trinajstić information content (AvgIpc) is 3.08. The molecule has 7 heteroatoms. The maximum absolute atomic E-state index is 13.7. The summed E-state index contributed by atoms with van der Waals surface area (Å²) in [7, 11) is 1.88. The van der Waals surface area contributed by atoms with Gasteiger partial charge in [0.15, 0.2) is 0 Å². The minimum atomic E-state index is -0.179. The second-order valence-corrected chi connectivity index (χ2v) is 9.01. The maximum atomic E-state index is 13.7. The molecule has 1 aliphatic rings. The number of aromatic nitrogens is 2. The molecule has 3 aromatic rings. The summed E-state index contributed by atoms with van der Waals surface area (Å²) in [5.41, 5.74) is 1.95. The van der Waals surface area contributed by atoms with E-state index >= 15 is 0 Å². The maximum Gasteiger partial charge on any atom is 0.309 e. The number of carbonyl (C=O) groups is 2. The van der Waals surface area contributed by atoms with Crippen LogP contribution in [0.4, 0.5) is 0 Å². The third-order valence-electron chi connectivity index (χ3n) is 6.32. The van der Waals surface area contributed by atoms with Crippen molar-refractivity contribution in [2.45, 2.75) is 40.2 Å². The second-order valence-electron chi connectivity index (χ2n) is 9.01. The molecule has 0 unspecified atom stereocenters. The zero-order valence-electron chi connectivity index (χ0n) is 19.3. The number of nitrogens with zero attached hydrogens (tertiary/aromatic N) is 3. The van der Waals surface area contributed by atoms with Gasteiger partial charge in [0.25, 0.3) is 11.5 Å². The molecular weight excluding hydrogens is 406 g/mol. The number of hydrogen-bond acceptors (Lipinski definition) is 4. The molecule has 170 valence electrons. The third kappa shape index (κ3) is 3.80. The molecule has 32 heavy (non-hydrogen) atoms. The zero-order valence-corrected chi connectivity index (χ0v) is 19.3. The topological polar surface area (TPSA) is 73.5 Å². The first-order valence-corrected chi connectivity index (χ1v) is 11.4. The monoisotopic (exact) mass is 437 g/mol. The van der Waals surface area contributed by atoms with Crippen molar-refractivity contribution in [2.24, 2.45) is 18.9 Å². The summed E-state index contributed by atoms with van der Waals surface area (Å²) in [6, 6.07) is 7.81. The molecule has 1 fully saturated rings. The Morgan fingerprint density at radius 2 is 1.84 bits per heavy atom. The molecule has 1 amide bonds. The summed E-state index contributed by atoms with van der Waals surface area (Å²) in [5.74, 6) is -0.165. The first-order valence-electron chi connectivity index (χ1n) is 11.4. The van der Waals surface area contributed by atoms with Gasteiger partial charge in [-0.2, -0.15) is 0 Å². The number of fused-ring (bicyclic) bond motifs is 3. The average molecular weight is 438 g/mol. The van der Waals surface area contributed by atoms with E-state index in [1.54, 1.807) is 22.6 Å². The smallest absolute Gasteiger partial charge is 0.309 e. The van der Waals surface area contributed by atoms with Crippen molar-refractivity contribution in [1.82, 2.24) is 14.0 Å². The van der Waals surface area contributed by atoms with Crippen molar-refractivity contribution in [3.63, 3.8) is 0 Å². The number of likely N-dealkylation sites (tertiary alicyclic amines) is 1. The fourth-order valence-corrected chi connectivity index (χ4v) is 4.77. The first-order chi connectivity index (χ1) is 15.3. The Labute approximate surface area is 187 Å². The summed E-state index contributed by atoms with van der Waals surface area (Å²) in [6.45, 7) is 7.82. The molecule has 1 aliphatic heterocycles. The van der Waals surface area contributed by atoms with Crippen LogP contribution >= 0.6 is 0 Å². The predicted molar refractivity (Wildman–Crippen MR) is 125 cm³/mol. The highest BCUT2D eigenvalue weighted by Crippen LogP contribution is 2.30. The minimum Gasteiger partial charge on any atom is -0.466 e. The van der Waals surface area contributed by atoms with Crippen molar-refractivity contribution in [2.75, 3.05) is 19.7 Å². The van der Waals surface area contributed by atoms with E-state index in [0.717, 1.165) is 10.9 Å². The number of pyridine rings is 1. The standard InChI is InChI=1S/C25H31N3O4/c1-5-32-25(31)17-10-12-27(13-11-17)23(29)19-15-28(14-16(2)3)24(30)22-21(19)18-8-6-7-9-20(18)26(22)4/h6-9,15-17H,5,10-14H2,1-4H3. The summed E-state index contributed by atoms with van der Waals surface area (Å²) >= 11 is 0. The van der Waals surface area contributed by atoms with Gasteiger partial charge >= 0.3 is 5.97 Å². The number of esters is 1. The van der Waals surface area contributed by atoms with Crippen LogP contribution in [0.15, 0.2) is 35.3 Å². The summed E-state index contributed by atoms with van der Waals surface area (Å²) in [6.07, 6.45) is 2.92. The summed E-state index contributed by atoms with van der Waals surface area (Å²) < 4.78 is 8.72. The fraction of sp³-hybridized carbons (Fsp3) is 0.480. The molecular formula is C25H31N3O4. The van der Waals surface area contributed by atoms with E-state index in [-0.39, 0.29) is 29.3 Å². The van der Waals surface area contributed by atoms with E-state index in [9.17, 15) is 14.4 Å². The van der Waals surface area contributed by atoms with Crippen molar-refractivity contribution in [3.8, 4) is 0 Å². The van der Waals surface area contributed by atoms with Crippen LogP contribution in [0.5, 0.6) is 0 Å².